The Kier molecular flexibility index (Phi) is 2.55. The molecule has 0 saturated heterocycles. The van der Waals surface area contributed by atoms with Gasteiger partial charge in [0.25, 0.3) is 0 Å². The van der Waals surface area contributed by atoms with Gasteiger partial charge in [-0.3, -0.25) is 5.10 Å². The Morgan fingerprint density at radius 1 is 1.33 bits per heavy atom. The van der Waals surface area contributed by atoms with Crippen LogP contribution in [0.15, 0.2) is 16.7 Å². The zero-order valence-corrected chi connectivity index (χ0v) is 10.8. The lowest BCUT2D eigenvalue weighted by Gasteiger charge is -2.21. The topological polar surface area (TPSA) is 93.4 Å². The summed E-state index contributed by atoms with van der Waals surface area (Å²) in [6.45, 7) is 0.933. The highest BCUT2D eigenvalue weighted by molar-refractivity contribution is 9.10. The Labute approximate surface area is 111 Å². The molecular weight excluding hydrogens is 302 g/mol. The minimum atomic E-state index is 0.0485. The molecule has 0 radical (unpaired) electrons. The number of nitrogen functional groups attached to an aromatic ring is 1. The van der Waals surface area contributed by atoms with Gasteiger partial charge in [-0.2, -0.15) is 5.10 Å². The van der Waals surface area contributed by atoms with Crippen LogP contribution in [0.2, 0.25) is 0 Å². The molecule has 1 aromatic carbocycles. The first kappa shape index (κ1) is 11.2. The first-order chi connectivity index (χ1) is 8.68. The van der Waals surface area contributed by atoms with E-state index in [9.17, 15) is 5.11 Å². The fraction of sp³-hybridized carbons (Fsp3) is 0.182. The second-order valence-corrected chi connectivity index (χ2v) is 4.60. The summed E-state index contributed by atoms with van der Waals surface area (Å²) in [7, 11) is 0. The fourth-order valence-electron chi connectivity index (χ4n) is 1.85. The molecule has 0 aliphatic carbocycles. The van der Waals surface area contributed by atoms with Crippen molar-refractivity contribution in [2.75, 3.05) is 18.9 Å². The van der Waals surface area contributed by atoms with Crippen molar-refractivity contribution in [3.8, 4) is 28.4 Å². The van der Waals surface area contributed by atoms with Crippen LogP contribution in [0.5, 0.6) is 17.2 Å². The highest BCUT2D eigenvalue weighted by Crippen LogP contribution is 2.48. The number of aromatic nitrogens is 2. The second-order valence-electron chi connectivity index (χ2n) is 3.81. The van der Waals surface area contributed by atoms with E-state index in [0.717, 1.165) is 0 Å². The molecule has 1 aliphatic rings. The van der Waals surface area contributed by atoms with Crippen LogP contribution in [0.3, 0.4) is 0 Å². The van der Waals surface area contributed by atoms with Gasteiger partial charge in [0, 0.05) is 11.1 Å². The first-order valence-electron chi connectivity index (χ1n) is 5.28. The van der Waals surface area contributed by atoms with E-state index < -0.39 is 0 Å². The van der Waals surface area contributed by atoms with Gasteiger partial charge >= 0.3 is 0 Å². The molecule has 0 bridgehead atoms. The Bertz CT molecular complexity index is 612. The fourth-order valence-corrected chi connectivity index (χ4v) is 2.38. The van der Waals surface area contributed by atoms with Crippen LogP contribution in [-0.4, -0.2) is 28.5 Å². The molecule has 6 nitrogen and oxygen atoms in total. The highest BCUT2D eigenvalue weighted by Gasteiger charge is 2.23. The minimum absolute atomic E-state index is 0.0485. The number of ether oxygens (including phenoxy) is 2. The van der Waals surface area contributed by atoms with Crippen molar-refractivity contribution >= 4 is 21.7 Å². The maximum atomic E-state index is 10.2. The number of benzene rings is 1. The van der Waals surface area contributed by atoms with Gasteiger partial charge in [0.1, 0.15) is 29.3 Å². The van der Waals surface area contributed by atoms with E-state index >= 15 is 0 Å². The molecule has 3 rings (SSSR count). The zero-order chi connectivity index (χ0) is 12.7. The van der Waals surface area contributed by atoms with Crippen molar-refractivity contribution in [3.63, 3.8) is 0 Å². The van der Waals surface area contributed by atoms with Crippen LogP contribution in [0.25, 0.3) is 11.1 Å². The molecule has 0 atom stereocenters. The van der Waals surface area contributed by atoms with Crippen molar-refractivity contribution < 1.29 is 14.6 Å². The van der Waals surface area contributed by atoms with Gasteiger partial charge in [-0.1, -0.05) is 0 Å². The molecule has 18 heavy (non-hydrogen) atoms. The number of aromatic amines is 1. The number of nitrogens with two attached hydrogens (primary N) is 1. The van der Waals surface area contributed by atoms with E-state index in [1.807, 2.05) is 0 Å². The molecule has 2 heterocycles. The average molecular weight is 312 g/mol. The van der Waals surface area contributed by atoms with Crippen LogP contribution >= 0.6 is 15.9 Å². The number of phenolic OH excluding ortho intramolecular Hbond substituents is 1. The van der Waals surface area contributed by atoms with Crippen LogP contribution in [0.4, 0.5) is 5.82 Å². The van der Waals surface area contributed by atoms with Crippen molar-refractivity contribution in [3.05, 3.63) is 16.7 Å². The van der Waals surface area contributed by atoms with Crippen LogP contribution in [0.1, 0.15) is 0 Å². The third-order valence-electron chi connectivity index (χ3n) is 2.71. The lowest BCUT2D eigenvalue weighted by Crippen LogP contribution is -2.15. The molecule has 94 valence electrons. The number of hydrogen-bond acceptors (Lipinski definition) is 5. The van der Waals surface area contributed by atoms with Gasteiger partial charge in [0.05, 0.1) is 6.20 Å². The summed E-state index contributed by atoms with van der Waals surface area (Å²) in [5.74, 6) is 1.51. The van der Waals surface area contributed by atoms with E-state index in [4.69, 9.17) is 15.2 Å². The molecule has 1 aliphatic heterocycles. The summed E-state index contributed by atoms with van der Waals surface area (Å²) in [6, 6.07) is 1.69. The number of halogens is 1. The Balaban J connectivity index is 2.22. The molecule has 0 saturated carbocycles. The van der Waals surface area contributed by atoms with Crippen LogP contribution in [-0.2, 0) is 0 Å². The normalized spacial score (nSPS) is 13.6. The number of anilines is 1. The zero-order valence-electron chi connectivity index (χ0n) is 9.24. The third kappa shape index (κ3) is 1.59. The molecule has 0 unspecified atom stereocenters. The van der Waals surface area contributed by atoms with Crippen molar-refractivity contribution in [1.29, 1.82) is 0 Å². The summed E-state index contributed by atoms with van der Waals surface area (Å²) >= 11 is 3.30. The predicted molar refractivity (Wildman–Crippen MR) is 68.8 cm³/mol. The monoisotopic (exact) mass is 311 g/mol. The second kappa shape index (κ2) is 4.09. The number of nitrogens with zero attached hydrogens (tertiary/aromatic N) is 1. The van der Waals surface area contributed by atoms with Crippen molar-refractivity contribution in [2.24, 2.45) is 0 Å². The van der Waals surface area contributed by atoms with E-state index in [-0.39, 0.29) is 5.75 Å². The number of hydrogen-bond donors (Lipinski definition) is 3. The average Bonchev–Trinajstić information content (AvgIpc) is 2.80. The standard InChI is InChI=1S/C11H10BrN3O3/c12-8-9(16)5(6-4-14-15-11(6)13)3-7-10(8)18-2-1-17-7/h3-4,16H,1-2H2,(H3,13,14,15). The van der Waals surface area contributed by atoms with Gasteiger partial charge < -0.3 is 20.3 Å². The van der Waals surface area contributed by atoms with Gasteiger partial charge in [-0.05, 0) is 22.0 Å². The largest absolute Gasteiger partial charge is 0.506 e. The van der Waals surface area contributed by atoms with Gasteiger partial charge in [0.2, 0.25) is 0 Å². The van der Waals surface area contributed by atoms with Gasteiger partial charge in [0.15, 0.2) is 11.5 Å². The molecule has 0 amide bonds. The maximum Gasteiger partial charge on any atom is 0.179 e. The maximum absolute atomic E-state index is 10.2. The molecule has 7 heteroatoms. The highest BCUT2D eigenvalue weighted by atomic mass is 79.9. The predicted octanol–water partition coefficient (Wildman–Crippen LogP) is 1.90. The number of nitrogens with one attached hydrogen (secondary N) is 1. The lowest BCUT2D eigenvalue weighted by molar-refractivity contribution is 0.169. The summed E-state index contributed by atoms with van der Waals surface area (Å²) in [5.41, 5.74) is 6.91. The summed E-state index contributed by atoms with van der Waals surface area (Å²) in [4.78, 5) is 0. The smallest absolute Gasteiger partial charge is 0.179 e. The van der Waals surface area contributed by atoms with Crippen LogP contribution < -0.4 is 15.2 Å². The van der Waals surface area contributed by atoms with Crippen molar-refractivity contribution in [1.82, 2.24) is 10.2 Å². The quantitative estimate of drug-likeness (QED) is 0.748. The van der Waals surface area contributed by atoms with E-state index in [0.29, 0.717) is 46.1 Å². The molecule has 1 aromatic heterocycles. The first-order valence-corrected chi connectivity index (χ1v) is 6.08. The third-order valence-corrected chi connectivity index (χ3v) is 3.44. The number of H-pyrrole nitrogens is 1. The molecular formula is C11H10BrN3O3. The minimum Gasteiger partial charge on any atom is -0.506 e. The van der Waals surface area contributed by atoms with Gasteiger partial charge in [-0.25, -0.2) is 0 Å². The van der Waals surface area contributed by atoms with E-state index in [1.54, 1.807) is 12.3 Å². The lowest BCUT2D eigenvalue weighted by atomic mass is 10.1. The van der Waals surface area contributed by atoms with Crippen molar-refractivity contribution in [2.45, 2.75) is 0 Å². The number of phenols is 1. The summed E-state index contributed by atoms with van der Waals surface area (Å²) in [5, 5.41) is 16.6. The van der Waals surface area contributed by atoms with E-state index in [1.165, 1.54) is 0 Å². The Hall–Kier alpha value is -1.89. The Morgan fingerprint density at radius 2 is 2.11 bits per heavy atom. The molecule has 4 N–H and O–H groups in total. The van der Waals surface area contributed by atoms with Crippen LogP contribution in [0, 0.1) is 0 Å². The Morgan fingerprint density at radius 3 is 2.83 bits per heavy atom. The SMILES string of the molecule is Nc1[nH]ncc1-c1cc2c(c(Br)c1O)OCCO2. The summed E-state index contributed by atoms with van der Waals surface area (Å²) in [6.07, 6.45) is 1.55. The summed E-state index contributed by atoms with van der Waals surface area (Å²) < 4.78 is 11.4. The number of fused-ring (bicyclic) bond motifs is 1. The molecule has 2 aromatic rings. The molecule has 0 spiro atoms. The van der Waals surface area contributed by atoms with Gasteiger partial charge in [-0.15, -0.1) is 0 Å². The number of rotatable bonds is 1. The number of aromatic hydroxyl groups is 1. The molecule has 0 fully saturated rings. The van der Waals surface area contributed by atoms with E-state index in [2.05, 4.69) is 26.1 Å².